The van der Waals surface area contributed by atoms with Gasteiger partial charge < -0.3 is 19.9 Å². The Labute approximate surface area is 138 Å². The smallest absolute Gasteiger partial charge is 0.161 e. The van der Waals surface area contributed by atoms with Crippen molar-refractivity contribution in [2.24, 2.45) is 0 Å². The minimum absolute atomic E-state index is 0.0513. The van der Waals surface area contributed by atoms with Crippen LogP contribution in [0.2, 0.25) is 0 Å². The first kappa shape index (κ1) is 17.3. The number of nitrogens with one attached hydrogen (secondary N) is 1. The predicted molar refractivity (Wildman–Crippen MR) is 91.9 cm³/mol. The van der Waals surface area contributed by atoms with Crippen molar-refractivity contribution in [1.82, 2.24) is 5.32 Å². The minimum atomic E-state index is -0.0891. The summed E-state index contributed by atoms with van der Waals surface area (Å²) in [5, 5.41) is 13.0. The van der Waals surface area contributed by atoms with Gasteiger partial charge in [-0.2, -0.15) is 0 Å². The molecule has 0 aliphatic rings. The largest absolute Gasteiger partial charge is 0.493 e. The molecule has 4 heteroatoms. The molecule has 0 radical (unpaired) electrons. The number of aliphatic hydroxyl groups is 1. The number of rotatable bonds is 8. The Morgan fingerprint density at radius 2 is 1.78 bits per heavy atom. The van der Waals surface area contributed by atoms with Gasteiger partial charge in [0.05, 0.1) is 25.9 Å². The number of benzene rings is 2. The maximum Gasteiger partial charge on any atom is 0.161 e. The molecule has 0 spiro atoms. The van der Waals surface area contributed by atoms with Gasteiger partial charge in [-0.25, -0.2) is 0 Å². The van der Waals surface area contributed by atoms with Crippen LogP contribution in [0.1, 0.15) is 31.0 Å². The highest BCUT2D eigenvalue weighted by atomic mass is 16.5. The molecule has 23 heavy (non-hydrogen) atoms. The van der Waals surface area contributed by atoms with Crippen LogP contribution in [0, 0.1) is 0 Å². The van der Waals surface area contributed by atoms with Crippen LogP contribution in [-0.2, 0) is 6.54 Å². The highest BCUT2D eigenvalue weighted by molar-refractivity contribution is 5.43. The fraction of sp³-hybridized carbons (Fsp3) is 0.368. The molecule has 0 saturated heterocycles. The Morgan fingerprint density at radius 3 is 2.39 bits per heavy atom. The van der Waals surface area contributed by atoms with Crippen LogP contribution in [0.5, 0.6) is 11.5 Å². The number of ether oxygens (including phenoxy) is 2. The third kappa shape index (κ3) is 4.98. The van der Waals surface area contributed by atoms with Crippen LogP contribution in [0.3, 0.4) is 0 Å². The fourth-order valence-electron chi connectivity index (χ4n) is 2.39. The molecule has 2 aromatic rings. The van der Waals surface area contributed by atoms with E-state index in [0.29, 0.717) is 6.54 Å². The summed E-state index contributed by atoms with van der Waals surface area (Å²) < 4.78 is 11.1. The van der Waals surface area contributed by atoms with Crippen LogP contribution < -0.4 is 14.8 Å². The Bertz CT molecular complexity index is 599. The van der Waals surface area contributed by atoms with Gasteiger partial charge in [0.15, 0.2) is 11.5 Å². The van der Waals surface area contributed by atoms with E-state index in [1.807, 2.05) is 62.4 Å². The maximum absolute atomic E-state index is 9.59. The molecular weight excluding hydrogens is 290 g/mol. The summed E-state index contributed by atoms with van der Waals surface area (Å²) in [6, 6.07) is 15.7. The molecule has 0 heterocycles. The summed E-state index contributed by atoms with van der Waals surface area (Å²) in [6.07, 6.45) is 0.102. The third-order valence-electron chi connectivity index (χ3n) is 3.53. The first-order valence-corrected chi connectivity index (χ1v) is 7.86. The first-order valence-electron chi connectivity index (χ1n) is 7.86. The lowest BCUT2D eigenvalue weighted by molar-refractivity contribution is 0.229. The van der Waals surface area contributed by atoms with E-state index < -0.39 is 0 Å². The second-order valence-corrected chi connectivity index (χ2v) is 5.68. The lowest BCUT2D eigenvalue weighted by Gasteiger charge is -2.18. The fourth-order valence-corrected chi connectivity index (χ4v) is 2.39. The number of methoxy groups -OCH3 is 1. The minimum Gasteiger partial charge on any atom is -0.493 e. The van der Waals surface area contributed by atoms with Gasteiger partial charge in [-0.3, -0.25) is 0 Å². The number of hydrogen-bond acceptors (Lipinski definition) is 4. The van der Waals surface area contributed by atoms with Crippen molar-refractivity contribution in [1.29, 1.82) is 0 Å². The molecule has 2 aromatic carbocycles. The van der Waals surface area contributed by atoms with E-state index in [9.17, 15) is 5.11 Å². The summed E-state index contributed by atoms with van der Waals surface area (Å²) in [4.78, 5) is 0. The van der Waals surface area contributed by atoms with E-state index >= 15 is 0 Å². The van der Waals surface area contributed by atoms with Crippen molar-refractivity contribution in [3.63, 3.8) is 0 Å². The average Bonchev–Trinajstić information content (AvgIpc) is 2.57. The molecule has 1 unspecified atom stereocenters. The van der Waals surface area contributed by atoms with E-state index in [2.05, 4.69) is 5.32 Å². The van der Waals surface area contributed by atoms with E-state index in [0.717, 1.165) is 22.6 Å². The second kappa shape index (κ2) is 8.56. The Morgan fingerprint density at radius 1 is 1.04 bits per heavy atom. The summed E-state index contributed by atoms with van der Waals surface area (Å²) in [5.74, 6) is 1.46. The molecule has 0 aromatic heterocycles. The SMILES string of the molecule is COc1cc(CNC(CO)c2ccccc2)ccc1OC(C)C. The summed E-state index contributed by atoms with van der Waals surface area (Å²) in [7, 11) is 1.64. The van der Waals surface area contributed by atoms with Crippen LogP contribution in [0.4, 0.5) is 0 Å². The number of aliphatic hydroxyl groups excluding tert-OH is 1. The van der Waals surface area contributed by atoms with Gasteiger partial charge in [-0.15, -0.1) is 0 Å². The topological polar surface area (TPSA) is 50.7 Å². The van der Waals surface area contributed by atoms with E-state index in [4.69, 9.17) is 9.47 Å². The second-order valence-electron chi connectivity index (χ2n) is 5.68. The third-order valence-corrected chi connectivity index (χ3v) is 3.53. The Balaban J connectivity index is 2.05. The van der Waals surface area contributed by atoms with Crippen molar-refractivity contribution < 1.29 is 14.6 Å². The summed E-state index contributed by atoms with van der Waals surface area (Å²) in [5.41, 5.74) is 2.15. The van der Waals surface area contributed by atoms with Gasteiger partial charge in [-0.1, -0.05) is 36.4 Å². The molecule has 0 fully saturated rings. The molecule has 0 amide bonds. The van der Waals surface area contributed by atoms with Gasteiger partial charge in [0, 0.05) is 6.54 Å². The highest BCUT2D eigenvalue weighted by Crippen LogP contribution is 2.29. The van der Waals surface area contributed by atoms with Gasteiger partial charge in [0.1, 0.15) is 0 Å². The molecule has 0 aliphatic carbocycles. The zero-order valence-electron chi connectivity index (χ0n) is 14.0. The molecule has 0 saturated carbocycles. The lowest BCUT2D eigenvalue weighted by Crippen LogP contribution is -2.24. The molecule has 124 valence electrons. The van der Waals surface area contributed by atoms with Crippen molar-refractivity contribution in [3.05, 3.63) is 59.7 Å². The van der Waals surface area contributed by atoms with Gasteiger partial charge >= 0.3 is 0 Å². The molecule has 0 bridgehead atoms. The number of hydrogen-bond donors (Lipinski definition) is 2. The molecule has 1 atom stereocenters. The normalized spacial score (nSPS) is 12.2. The van der Waals surface area contributed by atoms with Gasteiger partial charge in [0.2, 0.25) is 0 Å². The van der Waals surface area contributed by atoms with Crippen molar-refractivity contribution in [2.45, 2.75) is 32.5 Å². The Kier molecular flexibility index (Phi) is 6.44. The summed E-state index contributed by atoms with van der Waals surface area (Å²) in [6.45, 7) is 4.66. The van der Waals surface area contributed by atoms with Crippen molar-refractivity contribution in [2.75, 3.05) is 13.7 Å². The molecule has 0 aliphatic heterocycles. The van der Waals surface area contributed by atoms with E-state index in [-0.39, 0.29) is 18.8 Å². The molecule has 2 N–H and O–H groups in total. The van der Waals surface area contributed by atoms with Crippen molar-refractivity contribution >= 4 is 0 Å². The average molecular weight is 315 g/mol. The van der Waals surface area contributed by atoms with Crippen LogP contribution in [-0.4, -0.2) is 24.9 Å². The standard InChI is InChI=1S/C19H25NO3/c1-14(2)23-18-10-9-15(11-19(18)22-3)12-20-17(13-21)16-7-5-4-6-8-16/h4-11,14,17,20-21H,12-13H2,1-3H3. The van der Waals surface area contributed by atoms with Crippen LogP contribution in [0.15, 0.2) is 48.5 Å². The highest BCUT2D eigenvalue weighted by Gasteiger charge is 2.11. The zero-order chi connectivity index (χ0) is 16.7. The van der Waals surface area contributed by atoms with Crippen LogP contribution >= 0.6 is 0 Å². The van der Waals surface area contributed by atoms with E-state index in [1.54, 1.807) is 7.11 Å². The van der Waals surface area contributed by atoms with Gasteiger partial charge in [0.25, 0.3) is 0 Å². The predicted octanol–water partition coefficient (Wildman–Crippen LogP) is 3.31. The van der Waals surface area contributed by atoms with Crippen molar-refractivity contribution in [3.8, 4) is 11.5 Å². The monoisotopic (exact) mass is 315 g/mol. The quantitative estimate of drug-likeness (QED) is 0.785. The summed E-state index contributed by atoms with van der Waals surface area (Å²) >= 11 is 0. The lowest BCUT2D eigenvalue weighted by atomic mass is 10.1. The molecule has 2 rings (SSSR count). The van der Waals surface area contributed by atoms with E-state index in [1.165, 1.54) is 0 Å². The van der Waals surface area contributed by atoms with Gasteiger partial charge in [-0.05, 0) is 37.1 Å². The Hall–Kier alpha value is -2.04. The molecular formula is C19H25NO3. The zero-order valence-corrected chi connectivity index (χ0v) is 14.0. The molecule has 4 nitrogen and oxygen atoms in total. The maximum atomic E-state index is 9.59. The van der Waals surface area contributed by atoms with Crippen LogP contribution in [0.25, 0.3) is 0 Å². The first-order chi connectivity index (χ1) is 11.1.